The van der Waals surface area contributed by atoms with Gasteiger partial charge in [0.05, 0.1) is 19.3 Å². The monoisotopic (exact) mass is 364 g/mol. The van der Waals surface area contributed by atoms with Gasteiger partial charge in [-0.05, 0) is 63.2 Å². The summed E-state index contributed by atoms with van der Waals surface area (Å²) in [5, 5.41) is 19.8. The number of ether oxygens (including phenoxy) is 1. The Morgan fingerprint density at radius 2 is 2.04 bits per heavy atom. The Hall–Kier alpha value is -1.13. The van der Waals surface area contributed by atoms with Crippen LogP contribution < -0.4 is 0 Å². The van der Waals surface area contributed by atoms with E-state index in [1.807, 2.05) is 6.08 Å². The second kappa shape index (κ2) is 8.26. The molecule has 1 saturated carbocycles. The Balaban J connectivity index is 2.29. The minimum Gasteiger partial charge on any atom is -0.465 e. The summed E-state index contributed by atoms with van der Waals surface area (Å²) >= 11 is 0. The molecule has 0 radical (unpaired) electrons. The van der Waals surface area contributed by atoms with Gasteiger partial charge in [-0.25, -0.2) is 0 Å². The van der Waals surface area contributed by atoms with Gasteiger partial charge < -0.3 is 14.9 Å². The Labute approximate surface area is 158 Å². The maximum Gasteiger partial charge on any atom is 0.302 e. The fourth-order valence-corrected chi connectivity index (χ4v) is 5.72. The van der Waals surface area contributed by atoms with Gasteiger partial charge in [-0.15, -0.1) is 0 Å². The average Bonchev–Trinajstić information content (AvgIpc) is 2.51. The van der Waals surface area contributed by atoms with Crippen LogP contribution in [0.1, 0.15) is 66.7 Å². The highest BCUT2D eigenvalue weighted by atomic mass is 16.5. The fraction of sp³-hybridized carbons (Fsp3) is 0.773. The summed E-state index contributed by atoms with van der Waals surface area (Å²) in [6, 6.07) is 0. The number of rotatable bonds is 6. The van der Waals surface area contributed by atoms with Gasteiger partial charge in [0.15, 0.2) is 0 Å². The molecule has 2 N–H and O–H groups in total. The first-order chi connectivity index (χ1) is 12.1. The van der Waals surface area contributed by atoms with Gasteiger partial charge in [-0.3, -0.25) is 4.79 Å². The summed E-state index contributed by atoms with van der Waals surface area (Å²) < 4.78 is 5.41. The highest BCUT2D eigenvalue weighted by Crippen LogP contribution is 2.60. The normalized spacial score (nSPS) is 37.7. The molecule has 0 aromatic heterocycles. The van der Waals surface area contributed by atoms with Gasteiger partial charge in [0, 0.05) is 12.3 Å². The summed E-state index contributed by atoms with van der Waals surface area (Å²) in [5.74, 6) is 0.528. The van der Waals surface area contributed by atoms with E-state index in [1.165, 1.54) is 18.1 Å². The van der Waals surface area contributed by atoms with Gasteiger partial charge in [-0.2, -0.15) is 0 Å². The molecule has 0 heterocycles. The van der Waals surface area contributed by atoms with Crippen molar-refractivity contribution in [1.29, 1.82) is 0 Å². The van der Waals surface area contributed by atoms with Crippen molar-refractivity contribution in [2.24, 2.45) is 22.7 Å². The van der Waals surface area contributed by atoms with E-state index in [9.17, 15) is 9.90 Å². The molecule has 26 heavy (non-hydrogen) atoms. The Morgan fingerprint density at radius 3 is 2.65 bits per heavy atom. The van der Waals surface area contributed by atoms with Crippen molar-refractivity contribution in [3.8, 4) is 0 Å². The molecular formula is C22H36O4. The molecule has 0 spiro atoms. The van der Waals surface area contributed by atoms with Crippen molar-refractivity contribution in [3.63, 3.8) is 0 Å². The molecule has 4 nitrogen and oxygen atoms in total. The molecule has 1 fully saturated rings. The molecule has 2 rings (SSSR count). The van der Waals surface area contributed by atoms with Crippen LogP contribution in [0.25, 0.3) is 0 Å². The number of carbonyl (C=O) groups excluding carboxylic acids is 1. The zero-order valence-corrected chi connectivity index (χ0v) is 17.0. The fourth-order valence-electron chi connectivity index (χ4n) is 5.72. The predicted octanol–water partition coefficient (Wildman–Crippen LogP) is 4.02. The smallest absolute Gasteiger partial charge is 0.302 e. The topological polar surface area (TPSA) is 66.8 Å². The lowest BCUT2D eigenvalue weighted by Crippen LogP contribution is -2.55. The van der Waals surface area contributed by atoms with Crippen molar-refractivity contribution < 1.29 is 19.7 Å². The molecule has 5 atom stereocenters. The van der Waals surface area contributed by atoms with Crippen LogP contribution in [-0.2, 0) is 9.53 Å². The lowest BCUT2D eigenvalue weighted by Gasteiger charge is -2.58. The molecule has 0 aromatic carbocycles. The highest BCUT2D eigenvalue weighted by molar-refractivity contribution is 5.65. The molecule has 0 aromatic rings. The zero-order chi connectivity index (χ0) is 19.5. The summed E-state index contributed by atoms with van der Waals surface area (Å²) in [5.41, 5.74) is 2.41. The van der Waals surface area contributed by atoms with Crippen molar-refractivity contribution >= 4 is 5.97 Å². The van der Waals surface area contributed by atoms with Crippen LogP contribution in [0.3, 0.4) is 0 Å². The first kappa shape index (κ1) is 21.2. The van der Waals surface area contributed by atoms with E-state index in [0.29, 0.717) is 24.9 Å². The van der Waals surface area contributed by atoms with Crippen LogP contribution in [0.2, 0.25) is 0 Å². The molecule has 0 aliphatic heterocycles. The Bertz CT molecular complexity index is 579. The Kier molecular flexibility index (Phi) is 6.73. The second-order valence-electron chi connectivity index (χ2n) is 9.06. The standard InChI is InChI=1S/C22H36O4/c1-15(10-11-23)6-8-19-16(2)7-9-20-21(4,14-26-17(3)24)12-18(25)13-22(19,20)5/h7,10,18-20,23,25H,6,8-9,11-14H2,1-5H3/b15-10+/t18-,19-,20-,21+,22+/m0/s1. The van der Waals surface area contributed by atoms with Crippen LogP contribution in [0.4, 0.5) is 0 Å². The zero-order valence-electron chi connectivity index (χ0n) is 17.0. The van der Waals surface area contributed by atoms with Crippen LogP contribution >= 0.6 is 0 Å². The first-order valence-corrected chi connectivity index (χ1v) is 9.87. The maximum absolute atomic E-state index is 11.4. The number of aliphatic hydroxyl groups is 2. The van der Waals surface area contributed by atoms with E-state index in [0.717, 1.165) is 25.7 Å². The third-order valence-electron chi connectivity index (χ3n) is 6.91. The number of aliphatic hydroxyl groups excluding tert-OH is 2. The number of esters is 1. The number of carbonyl (C=O) groups is 1. The van der Waals surface area contributed by atoms with E-state index in [2.05, 4.69) is 33.8 Å². The van der Waals surface area contributed by atoms with Gasteiger partial charge >= 0.3 is 5.97 Å². The molecule has 148 valence electrons. The summed E-state index contributed by atoms with van der Waals surface area (Å²) in [7, 11) is 0. The maximum atomic E-state index is 11.4. The lowest BCUT2D eigenvalue weighted by atomic mass is 9.47. The van der Waals surface area contributed by atoms with Gasteiger partial charge in [0.25, 0.3) is 0 Å². The molecule has 2 aliphatic carbocycles. The number of fused-ring (bicyclic) bond motifs is 1. The molecule has 2 aliphatic rings. The van der Waals surface area contributed by atoms with Crippen LogP contribution in [0, 0.1) is 22.7 Å². The molecule has 0 unspecified atom stereocenters. The first-order valence-electron chi connectivity index (χ1n) is 9.87. The van der Waals surface area contributed by atoms with Gasteiger partial charge in [0.1, 0.15) is 0 Å². The van der Waals surface area contributed by atoms with Crippen molar-refractivity contribution in [2.75, 3.05) is 13.2 Å². The van der Waals surface area contributed by atoms with E-state index >= 15 is 0 Å². The molecular weight excluding hydrogens is 328 g/mol. The van der Waals surface area contributed by atoms with Crippen molar-refractivity contribution in [1.82, 2.24) is 0 Å². The largest absolute Gasteiger partial charge is 0.465 e. The SMILES string of the molecule is CC(=O)OC[C@@]1(C)C[C@H](O)C[C@]2(C)[C@@H](CC/C(C)=C/CO)C(C)=CC[C@@H]12. The number of allylic oxidation sites excluding steroid dienone is 3. The molecule has 0 bridgehead atoms. The van der Waals surface area contributed by atoms with E-state index in [1.54, 1.807) is 0 Å². The average molecular weight is 365 g/mol. The number of hydrogen-bond donors (Lipinski definition) is 2. The molecule has 4 heteroatoms. The van der Waals surface area contributed by atoms with Crippen molar-refractivity contribution in [3.05, 3.63) is 23.3 Å². The number of hydrogen-bond acceptors (Lipinski definition) is 4. The van der Waals surface area contributed by atoms with Crippen molar-refractivity contribution in [2.45, 2.75) is 72.8 Å². The third-order valence-corrected chi connectivity index (χ3v) is 6.91. The summed E-state index contributed by atoms with van der Waals surface area (Å²) in [6.07, 6.45) is 8.31. The summed E-state index contributed by atoms with van der Waals surface area (Å²) in [6.45, 7) is 10.7. The third kappa shape index (κ3) is 4.40. The summed E-state index contributed by atoms with van der Waals surface area (Å²) in [4.78, 5) is 11.4. The lowest BCUT2D eigenvalue weighted by molar-refractivity contribution is -0.158. The highest BCUT2D eigenvalue weighted by Gasteiger charge is 2.56. The second-order valence-corrected chi connectivity index (χ2v) is 9.06. The minimum atomic E-state index is -0.362. The van der Waals surface area contributed by atoms with E-state index < -0.39 is 0 Å². The predicted molar refractivity (Wildman–Crippen MR) is 104 cm³/mol. The van der Waals surface area contributed by atoms with Crippen LogP contribution in [0.15, 0.2) is 23.3 Å². The minimum absolute atomic E-state index is 0.00903. The van der Waals surface area contributed by atoms with E-state index in [-0.39, 0.29) is 29.5 Å². The van der Waals surface area contributed by atoms with Crippen LogP contribution in [0.5, 0.6) is 0 Å². The molecule has 0 amide bonds. The quantitative estimate of drug-likeness (QED) is 0.552. The van der Waals surface area contributed by atoms with Gasteiger partial charge in [0.2, 0.25) is 0 Å². The Morgan fingerprint density at radius 1 is 1.35 bits per heavy atom. The van der Waals surface area contributed by atoms with Gasteiger partial charge in [-0.1, -0.05) is 37.1 Å². The van der Waals surface area contributed by atoms with E-state index in [4.69, 9.17) is 9.84 Å². The molecule has 0 saturated heterocycles. The van der Waals surface area contributed by atoms with Crippen LogP contribution in [-0.4, -0.2) is 35.5 Å².